The molecule has 0 radical (unpaired) electrons. The first-order valence-corrected chi connectivity index (χ1v) is 13.3. The summed E-state index contributed by atoms with van der Waals surface area (Å²) in [5.74, 6) is 1.41. The van der Waals surface area contributed by atoms with Crippen molar-refractivity contribution in [3.63, 3.8) is 0 Å². The van der Waals surface area contributed by atoms with Gasteiger partial charge in [0.15, 0.2) is 15.8 Å². The minimum absolute atomic E-state index is 0.177. The topological polar surface area (TPSA) is 48.0 Å². The zero-order valence-electron chi connectivity index (χ0n) is 19.4. The second-order valence-electron chi connectivity index (χ2n) is 7.60. The van der Waals surface area contributed by atoms with Crippen molar-refractivity contribution in [1.29, 1.82) is 0 Å². The Hall–Kier alpha value is -2.71. The highest BCUT2D eigenvalue weighted by molar-refractivity contribution is 8.27. The Kier molecular flexibility index (Phi) is 9.15. The quantitative estimate of drug-likeness (QED) is 0.144. The fourth-order valence-corrected chi connectivity index (χ4v) is 5.23. The molecule has 1 aliphatic heterocycles. The highest BCUT2D eigenvalue weighted by atomic mass is 35.5. The standard InChI is InChI=1S/C27H23Cl2NO4S2/c1-2-32-23-16-18(17-24-26(31)30(27(35)36-24)19-9-4-3-5-10-19)15-21(29)25(23)34-14-8-13-33-22-12-7-6-11-20(22)28/h3-7,9-12,15-17H,2,8,13-14H2,1H3/b24-17+. The predicted octanol–water partition coefficient (Wildman–Crippen LogP) is 7.65. The molecule has 1 saturated heterocycles. The summed E-state index contributed by atoms with van der Waals surface area (Å²) in [6.45, 7) is 3.13. The number of ether oxygens (including phenoxy) is 3. The molecule has 9 heteroatoms. The van der Waals surface area contributed by atoms with E-state index in [1.807, 2.05) is 55.5 Å². The Labute approximate surface area is 229 Å². The third-order valence-electron chi connectivity index (χ3n) is 5.07. The van der Waals surface area contributed by atoms with Gasteiger partial charge in [0.1, 0.15) is 5.75 Å². The first kappa shape index (κ1) is 26.4. The van der Waals surface area contributed by atoms with Crippen LogP contribution >= 0.6 is 47.2 Å². The Morgan fingerprint density at radius 1 is 0.917 bits per heavy atom. The van der Waals surface area contributed by atoms with Gasteiger partial charge in [-0.3, -0.25) is 9.69 Å². The van der Waals surface area contributed by atoms with Crippen molar-refractivity contribution in [3.05, 3.63) is 87.2 Å². The van der Waals surface area contributed by atoms with Crippen LogP contribution < -0.4 is 19.1 Å². The van der Waals surface area contributed by atoms with Crippen molar-refractivity contribution in [1.82, 2.24) is 0 Å². The van der Waals surface area contributed by atoms with Gasteiger partial charge >= 0.3 is 0 Å². The molecule has 0 aliphatic carbocycles. The average molecular weight is 561 g/mol. The van der Waals surface area contributed by atoms with Crippen molar-refractivity contribution in [2.75, 3.05) is 24.7 Å². The van der Waals surface area contributed by atoms with E-state index in [1.54, 1.807) is 24.3 Å². The Balaban J connectivity index is 1.44. The van der Waals surface area contributed by atoms with E-state index in [4.69, 9.17) is 49.6 Å². The molecule has 36 heavy (non-hydrogen) atoms. The van der Waals surface area contributed by atoms with Gasteiger partial charge in [0.2, 0.25) is 0 Å². The number of hydrogen-bond acceptors (Lipinski definition) is 6. The molecule has 0 N–H and O–H groups in total. The molecule has 1 fully saturated rings. The van der Waals surface area contributed by atoms with E-state index < -0.39 is 0 Å². The zero-order chi connectivity index (χ0) is 25.5. The number of halogens is 2. The number of nitrogens with zero attached hydrogens (tertiary/aromatic N) is 1. The van der Waals surface area contributed by atoms with Crippen LogP contribution in [0.2, 0.25) is 10.0 Å². The van der Waals surface area contributed by atoms with Crippen LogP contribution in [0.4, 0.5) is 5.69 Å². The minimum atomic E-state index is -0.177. The number of rotatable bonds is 10. The van der Waals surface area contributed by atoms with E-state index in [0.717, 1.165) is 5.69 Å². The lowest BCUT2D eigenvalue weighted by atomic mass is 10.1. The number of thiocarbonyl (C=S) groups is 1. The molecule has 1 aliphatic rings. The largest absolute Gasteiger partial charge is 0.492 e. The van der Waals surface area contributed by atoms with Crippen molar-refractivity contribution in [3.8, 4) is 17.2 Å². The fourth-order valence-electron chi connectivity index (χ4n) is 3.47. The summed E-state index contributed by atoms with van der Waals surface area (Å²) in [5.41, 5.74) is 1.45. The normalized spacial score (nSPS) is 14.4. The molecular weight excluding hydrogens is 537 g/mol. The smallest absolute Gasteiger partial charge is 0.270 e. The molecule has 0 saturated carbocycles. The SMILES string of the molecule is CCOc1cc(/C=C2/SC(=S)N(c3ccccc3)C2=O)cc(Cl)c1OCCCOc1ccccc1Cl. The number of carbonyl (C=O) groups excluding carboxylic acids is 1. The molecule has 186 valence electrons. The van der Waals surface area contributed by atoms with Crippen LogP contribution in [0.1, 0.15) is 18.9 Å². The number of para-hydroxylation sites is 2. The highest BCUT2D eigenvalue weighted by Crippen LogP contribution is 2.40. The van der Waals surface area contributed by atoms with Crippen LogP contribution in [0.3, 0.4) is 0 Å². The second kappa shape index (κ2) is 12.5. The molecule has 3 aromatic rings. The molecule has 3 aromatic carbocycles. The molecule has 4 rings (SSSR count). The maximum absolute atomic E-state index is 13.0. The highest BCUT2D eigenvalue weighted by Gasteiger charge is 2.33. The van der Waals surface area contributed by atoms with E-state index in [0.29, 0.717) is 68.3 Å². The van der Waals surface area contributed by atoms with Crippen LogP contribution in [0.5, 0.6) is 17.2 Å². The van der Waals surface area contributed by atoms with Crippen molar-refractivity contribution in [2.24, 2.45) is 0 Å². The van der Waals surface area contributed by atoms with Gasteiger partial charge in [0.25, 0.3) is 5.91 Å². The van der Waals surface area contributed by atoms with Crippen molar-refractivity contribution >= 4 is 69.2 Å². The second-order valence-corrected chi connectivity index (χ2v) is 10.1. The van der Waals surface area contributed by atoms with E-state index in [9.17, 15) is 4.79 Å². The first-order valence-electron chi connectivity index (χ1n) is 11.3. The van der Waals surface area contributed by atoms with Crippen molar-refractivity contribution in [2.45, 2.75) is 13.3 Å². The lowest BCUT2D eigenvalue weighted by Crippen LogP contribution is -2.27. The molecule has 5 nitrogen and oxygen atoms in total. The summed E-state index contributed by atoms with van der Waals surface area (Å²) >= 11 is 19.4. The number of hydrogen-bond donors (Lipinski definition) is 0. The summed E-state index contributed by atoms with van der Waals surface area (Å²) in [7, 11) is 0. The third kappa shape index (κ3) is 6.34. The minimum Gasteiger partial charge on any atom is -0.492 e. The van der Waals surface area contributed by atoms with E-state index >= 15 is 0 Å². The predicted molar refractivity (Wildman–Crippen MR) is 152 cm³/mol. The molecular formula is C27H23Cl2NO4S2. The molecule has 0 spiro atoms. The molecule has 0 unspecified atom stereocenters. The summed E-state index contributed by atoms with van der Waals surface area (Å²) in [5, 5.41) is 0.953. The monoisotopic (exact) mass is 559 g/mol. The summed E-state index contributed by atoms with van der Waals surface area (Å²) in [4.78, 5) is 15.1. The maximum atomic E-state index is 13.0. The van der Waals surface area contributed by atoms with Gasteiger partial charge in [0, 0.05) is 6.42 Å². The zero-order valence-corrected chi connectivity index (χ0v) is 22.6. The number of amides is 1. The summed E-state index contributed by atoms with van der Waals surface area (Å²) in [6.07, 6.45) is 2.38. The van der Waals surface area contributed by atoms with E-state index in [1.165, 1.54) is 16.7 Å². The van der Waals surface area contributed by atoms with Gasteiger partial charge in [-0.1, -0.05) is 77.5 Å². The van der Waals surface area contributed by atoms with Gasteiger partial charge in [-0.2, -0.15) is 0 Å². The fraction of sp³-hybridized carbons (Fsp3) is 0.185. The van der Waals surface area contributed by atoms with Crippen LogP contribution in [0.15, 0.2) is 71.6 Å². The Bertz CT molecular complexity index is 1280. The molecule has 0 bridgehead atoms. The van der Waals surface area contributed by atoms with Gasteiger partial charge in [-0.05, 0) is 55.0 Å². The Morgan fingerprint density at radius 3 is 2.39 bits per heavy atom. The van der Waals surface area contributed by atoms with Gasteiger partial charge in [-0.15, -0.1) is 0 Å². The van der Waals surface area contributed by atoms with Gasteiger partial charge < -0.3 is 14.2 Å². The van der Waals surface area contributed by atoms with Crippen LogP contribution in [0.25, 0.3) is 6.08 Å². The lowest BCUT2D eigenvalue weighted by Gasteiger charge is -2.15. The lowest BCUT2D eigenvalue weighted by molar-refractivity contribution is -0.113. The third-order valence-corrected chi connectivity index (χ3v) is 6.96. The van der Waals surface area contributed by atoms with Crippen LogP contribution in [-0.4, -0.2) is 30.0 Å². The van der Waals surface area contributed by atoms with Crippen LogP contribution in [0, 0.1) is 0 Å². The van der Waals surface area contributed by atoms with Crippen LogP contribution in [-0.2, 0) is 4.79 Å². The molecule has 1 heterocycles. The van der Waals surface area contributed by atoms with Crippen molar-refractivity contribution < 1.29 is 19.0 Å². The number of carbonyl (C=O) groups is 1. The number of thioether (sulfide) groups is 1. The summed E-state index contributed by atoms with van der Waals surface area (Å²) in [6, 6.07) is 20.2. The number of benzene rings is 3. The number of anilines is 1. The van der Waals surface area contributed by atoms with E-state index in [-0.39, 0.29) is 5.91 Å². The van der Waals surface area contributed by atoms with Gasteiger partial charge in [-0.25, -0.2) is 0 Å². The molecule has 0 atom stereocenters. The van der Waals surface area contributed by atoms with E-state index in [2.05, 4.69) is 0 Å². The van der Waals surface area contributed by atoms with Gasteiger partial charge in [0.05, 0.1) is 40.5 Å². The first-order chi connectivity index (χ1) is 17.5. The summed E-state index contributed by atoms with van der Waals surface area (Å²) < 4.78 is 17.9. The average Bonchev–Trinajstić information content (AvgIpc) is 3.14. The molecule has 0 aromatic heterocycles. The Morgan fingerprint density at radius 2 is 1.64 bits per heavy atom. The maximum Gasteiger partial charge on any atom is 0.270 e. The molecule has 1 amide bonds.